The lowest BCUT2D eigenvalue weighted by Crippen LogP contribution is -2.30. The predicted octanol–water partition coefficient (Wildman–Crippen LogP) is 1.97. The molecule has 1 fully saturated rings. The van der Waals surface area contributed by atoms with E-state index in [0.717, 1.165) is 31.8 Å². The molecule has 0 aromatic carbocycles. The summed E-state index contributed by atoms with van der Waals surface area (Å²) < 4.78 is 0. The molecule has 5 heteroatoms. The SMILES string of the molecule is Cc1nc(Cl)cc(N2CCCCO2)n1. The van der Waals surface area contributed by atoms with Crippen molar-refractivity contribution in [3.63, 3.8) is 0 Å². The van der Waals surface area contributed by atoms with Gasteiger partial charge in [0.25, 0.3) is 0 Å². The number of nitrogens with zero attached hydrogens (tertiary/aromatic N) is 3. The summed E-state index contributed by atoms with van der Waals surface area (Å²) in [6.45, 7) is 3.44. The lowest BCUT2D eigenvalue weighted by molar-refractivity contribution is 0.0760. The molecule has 76 valence electrons. The highest BCUT2D eigenvalue weighted by atomic mass is 35.5. The summed E-state index contributed by atoms with van der Waals surface area (Å²) in [6.07, 6.45) is 2.23. The highest BCUT2D eigenvalue weighted by Gasteiger charge is 2.14. The molecule has 1 aliphatic rings. The fourth-order valence-electron chi connectivity index (χ4n) is 1.42. The maximum Gasteiger partial charge on any atom is 0.157 e. The van der Waals surface area contributed by atoms with Crippen LogP contribution in [-0.2, 0) is 4.84 Å². The van der Waals surface area contributed by atoms with E-state index in [1.807, 2.05) is 6.92 Å². The molecule has 0 radical (unpaired) electrons. The molecular formula is C9H12ClN3O. The van der Waals surface area contributed by atoms with Crippen molar-refractivity contribution >= 4 is 17.4 Å². The molecule has 0 bridgehead atoms. The van der Waals surface area contributed by atoms with E-state index in [4.69, 9.17) is 16.4 Å². The van der Waals surface area contributed by atoms with Crippen LogP contribution in [0.3, 0.4) is 0 Å². The van der Waals surface area contributed by atoms with Gasteiger partial charge in [0, 0.05) is 12.6 Å². The summed E-state index contributed by atoms with van der Waals surface area (Å²) in [5.74, 6) is 1.42. The van der Waals surface area contributed by atoms with Crippen LogP contribution < -0.4 is 5.06 Å². The Morgan fingerprint density at radius 3 is 2.93 bits per heavy atom. The van der Waals surface area contributed by atoms with E-state index >= 15 is 0 Å². The number of anilines is 1. The molecule has 0 atom stereocenters. The molecule has 0 spiro atoms. The maximum atomic E-state index is 5.84. The zero-order valence-electron chi connectivity index (χ0n) is 8.03. The first-order valence-electron chi connectivity index (χ1n) is 4.67. The van der Waals surface area contributed by atoms with Crippen LogP contribution in [0.1, 0.15) is 18.7 Å². The van der Waals surface area contributed by atoms with Gasteiger partial charge in [0.1, 0.15) is 11.0 Å². The molecule has 2 rings (SSSR count). The number of aromatic nitrogens is 2. The third-order valence-electron chi connectivity index (χ3n) is 2.05. The normalized spacial score (nSPS) is 17.1. The molecule has 0 amide bonds. The summed E-state index contributed by atoms with van der Waals surface area (Å²) in [5.41, 5.74) is 0. The zero-order chi connectivity index (χ0) is 9.97. The average Bonchev–Trinajstić information content (AvgIpc) is 2.18. The molecule has 1 aromatic rings. The van der Waals surface area contributed by atoms with Crippen LogP contribution in [0.2, 0.25) is 5.15 Å². The Balaban J connectivity index is 2.21. The summed E-state index contributed by atoms with van der Waals surface area (Å²) in [5, 5.41) is 2.24. The van der Waals surface area contributed by atoms with Crippen LogP contribution in [0.25, 0.3) is 0 Å². The number of hydrogen-bond donors (Lipinski definition) is 0. The highest BCUT2D eigenvalue weighted by molar-refractivity contribution is 6.29. The van der Waals surface area contributed by atoms with Gasteiger partial charge in [-0.3, -0.25) is 4.84 Å². The van der Waals surface area contributed by atoms with Gasteiger partial charge in [-0.15, -0.1) is 0 Å². The second-order valence-electron chi connectivity index (χ2n) is 3.24. The maximum absolute atomic E-state index is 5.84. The smallest absolute Gasteiger partial charge is 0.157 e. The Hall–Kier alpha value is -0.870. The minimum absolute atomic E-state index is 0.460. The second kappa shape index (κ2) is 4.11. The van der Waals surface area contributed by atoms with Gasteiger partial charge in [-0.1, -0.05) is 11.6 Å². The molecule has 1 saturated heterocycles. The first-order chi connectivity index (χ1) is 6.75. The van der Waals surface area contributed by atoms with Crippen molar-refractivity contribution < 1.29 is 4.84 Å². The van der Waals surface area contributed by atoms with Crippen LogP contribution in [-0.4, -0.2) is 23.1 Å². The minimum Gasteiger partial charge on any atom is -0.272 e. The molecule has 0 aliphatic carbocycles. The summed E-state index contributed by atoms with van der Waals surface area (Å²) in [4.78, 5) is 13.7. The van der Waals surface area contributed by atoms with Crippen molar-refractivity contribution in [2.24, 2.45) is 0 Å². The molecular weight excluding hydrogens is 202 g/mol. The van der Waals surface area contributed by atoms with Crippen molar-refractivity contribution in [1.82, 2.24) is 9.97 Å². The minimum atomic E-state index is 0.460. The van der Waals surface area contributed by atoms with Gasteiger partial charge in [-0.25, -0.2) is 15.0 Å². The van der Waals surface area contributed by atoms with Gasteiger partial charge in [0.05, 0.1) is 6.61 Å². The topological polar surface area (TPSA) is 38.2 Å². The van der Waals surface area contributed by atoms with Crippen molar-refractivity contribution in [2.45, 2.75) is 19.8 Å². The standard InChI is InChI=1S/C9H12ClN3O/c1-7-11-8(10)6-9(12-7)13-4-2-3-5-14-13/h6H,2-5H2,1H3. The molecule has 2 heterocycles. The molecule has 4 nitrogen and oxygen atoms in total. The summed E-state index contributed by atoms with van der Waals surface area (Å²) in [7, 11) is 0. The van der Waals surface area contributed by atoms with Gasteiger partial charge in [-0.05, 0) is 19.8 Å². The van der Waals surface area contributed by atoms with Crippen LogP contribution in [0, 0.1) is 6.92 Å². The number of aryl methyl sites for hydroxylation is 1. The number of hydrogen-bond acceptors (Lipinski definition) is 4. The third-order valence-corrected chi connectivity index (χ3v) is 2.24. The Bertz CT molecular complexity index is 306. The van der Waals surface area contributed by atoms with Crippen LogP contribution in [0.5, 0.6) is 0 Å². The fraction of sp³-hybridized carbons (Fsp3) is 0.556. The molecule has 0 saturated carbocycles. The first-order valence-corrected chi connectivity index (χ1v) is 5.05. The Morgan fingerprint density at radius 2 is 2.29 bits per heavy atom. The molecule has 1 aromatic heterocycles. The van der Waals surface area contributed by atoms with Gasteiger partial charge in [-0.2, -0.15) is 0 Å². The van der Waals surface area contributed by atoms with E-state index in [9.17, 15) is 0 Å². The van der Waals surface area contributed by atoms with E-state index in [-0.39, 0.29) is 0 Å². The van der Waals surface area contributed by atoms with E-state index in [2.05, 4.69) is 9.97 Å². The average molecular weight is 214 g/mol. The number of halogens is 1. The largest absolute Gasteiger partial charge is 0.272 e. The van der Waals surface area contributed by atoms with Crippen molar-refractivity contribution in [2.75, 3.05) is 18.2 Å². The van der Waals surface area contributed by atoms with Crippen molar-refractivity contribution in [3.05, 3.63) is 17.0 Å². The molecule has 0 N–H and O–H groups in total. The van der Waals surface area contributed by atoms with E-state index < -0.39 is 0 Å². The van der Waals surface area contributed by atoms with Crippen LogP contribution in [0.15, 0.2) is 6.07 Å². The Morgan fingerprint density at radius 1 is 1.43 bits per heavy atom. The third kappa shape index (κ3) is 2.13. The lowest BCUT2D eigenvalue weighted by atomic mass is 10.3. The molecule has 1 aliphatic heterocycles. The predicted molar refractivity (Wildman–Crippen MR) is 54.3 cm³/mol. The Kier molecular flexibility index (Phi) is 2.84. The van der Waals surface area contributed by atoms with Crippen molar-refractivity contribution in [3.8, 4) is 0 Å². The zero-order valence-corrected chi connectivity index (χ0v) is 8.79. The summed E-state index contributed by atoms with van der Waals surface area (Å²) >= 11 is 5.84. The van der Waals surface area contributed by atoms with Crippen LogP contribution >= 0.6 is 11.6 Å². The summed E-state index contributed by atoms with van der Waals surface area (Å²) in [6, 6.07) is 1.72. The second-order valence-corrected chi connectivity index (χ2v) is 3.63. The van der Waals surface area contributed by atoms with Crippen molar-refractivity contribution in [1.29, 1.82) is 0 Å². The monoisotopic (exact) mass is 213 g/mol. The highest BCUT2D eigenvalue weighted by Crippen LogP contribution is 2.19. The fourth-order valence-corrected chi connectivity index (χ4v) is 1.64. The van der Waals surface area contributed by atoms with E-state index in [1.54, 1.807) is 11.1 Å². The Labute approximate surface area is 87.8 Å². The van der Waals surface area contributed by atoms with Crippen LogP contribution in [0.4, 0.5) is 5.82 Å². The first kappa shape index (κ1) is 9.68. The van der Waals surface area contributed by atoms with E-state index in [1.165, 1.54) is 0 Å². The van der Waals surface area contributed by atoms with Gasteiger partial charge in [0.2, 0.25) is 0 Å². The van der Waals surface area contributed by atoms with Gasteiger partial charge in [0.15, 0.2) is 5.82 Å². The van der Waals surface area contributed by atoms with Gasteiger partial charge >= 0.3 is 0 Å². The quantitative estimate of drug-likeness (QED) is 0.669. The lowest BCUT2D eigenvalue weighted by Gasteiger charge is -2.26. The number of hydroxylamine groups is 1. The molecule has 0 unspecified atom stereocenters. The van der Waals surface area contributed by atoms with E-state index in [0.29, 0.717) is 11.0 Å². The molecule has 14 heavy (non-hydrogen) atoms. The van der Waals surface area contributed by atoms with Gasteiger partial charge < -0.3 is 0 Å². The number of rotatable bonds is 1.